The molecule has 0 aliphatic carbocycles. The van der Waals surface area contributed by atoms with Gasteiger partial charge in [0.25, 0.3) is 0 Å². The summed E-state index contributed by atoms with van der Waals surface area (Å²) >= 11 is 0. The molecule has 0 heterocycles. The van der Waals surface area contributed by atoms with Crippen molar-refractivity contribution in [3.8, 4) is 12.0 Å². The smallest absolute Gasteiger partial charge is 0.118 e. The summed E-state index contributed by atoms with van der Waals surface area (Å²) in [6.45, 7) is 3.97. The van der Waals surface area contributed by atoms with Crippen molar-refractivity contribution in [3.63, 3.8) is 0 Å². The normalized spacial score (nSPS) is 7.22. The quantitative estimate of drug-likeness (QED) is 0.339. The summed E-state index contributed by atoms with van der Waals surface area (Å²) < 4.78 is 4.69. The van der Waals surface area contributed by atoms with Gasteiger partial charge < -0.3 is 9.84 Å². The molecular weight excluding hydrogens is 116 g/mol. The maximum Gasteiger partial charge on any atom is 0.118 e. The minimum Gasteiger partial charge on any atom is -0.442 e. The Morgan fingerprint density at radius 3 is 3.00 bits per heavy atom. The molecule has 0 unspecified atom stereocenters. The average molecular weight is 126 g/mol. The van der Waals surface area contributed by atoms with Crippen LogP contribution in [0.2, 0.25) is 0 Å². The third-order valence-electron chi connectivity index (χ3n) is 0.582. The molecule has 0 rings (SSSR count). The lowest BCUT2D eigenvalue weighted by Gasteiger charge is -1.85. The van der Waals surface area contributed by atoms with Crippen molar-refractivity contribution in [1.29, 1.82) is 0 Å². The first kappa shape index (κ1) is 8.06. The number of hydrogen-bond donors (Lipinski definition) is 1. The molecule has 2 nitrogen and oxygen atoms in total. The van der Waals surface area contributed by atoms with Gasteiger partial charge in [-0.2, -0.15) is 0 Å². The molecule has 9 heavy (non-hydrogen) atoms. The van der Waals surface area contributed by atoms with E-state index in [1.54, 1.807) is 6.08 Å². The Morgan fingerprint density at radius 2 is 2.44 bits per heavy atom. The second-order valence-electron chi connectivity index (χ2n) is 1.35. The lowest BCUT2D eigenvalue weighted by atomic mass is 10.5. The molecule has 2 heteroatoms. The lowest BCUT2D eigenvalue weighted by molar-refractivity contribution is 0.300. The first-order chi connectivity index (χ1) is 4.41. The molecule has 0 spiro atoms. The third-order valence-corrected chi connectivity index (χ3v) is 0.582. The summed E-state index contributed by atoms with van der Waals surface area (Å²) in [6.07, 6.45) is 4.49. The van der Waals surface area contributed by atoms with E-state index >= 15 is 0 Å². The first-order valence-corrected chi connectivity index (χ1v) is 2.73. The number of aliphatic hydroxyl groups is 1. The van der Waals surface area contributed by atoms with Crippen molar-refractivity contribution in [2.24, 2.45) is 0 Å². The van der Waals surface area contributed by atoms with Crippen LogP contribution in [0.25, 0.3) is 0 Å². The van der Waals surface area contributed by atoms with Crippen molar-refractivity contribution in [2.45, 2.75) is 6.42 Å². The maximum atomic E-state index is 8.24. The van der Waals surface area contributed by atoms with Gasteiger partial charge >= 0.3 is 0 Å². The van der Waals surface area contributed by atoms with Crippen LogP contribution < -0.4 is 0 Å². The van der Waals surface area contributed by atoms with E-state index in [1.165, 1.54) is 0 Å². The van der Waals surface area contributed by atoms with Gasteiger partial charge in [0.05, 0.1) is 6.61 Å². The van der Waals surface area contributed by atoms with E-state index in [-0.39, 0.29) is 6.61 Å². The predicted molar refractivity (Wildman–Crippen MR) is 35.6 cm³/mol. The highest BCUT2D eigenvalue weighted by Crippen LogP contribution is 1.72. The fourth-order valence-electron chi connectivity index (χ4n) is 0.259. The molecular formula is C7H10O2. The summed E-state index contributed by atoms with van der Waals surface area (Å²) in [6, 6.07) is 0. The van der Waals surface area contributed by atoms with E-state index in [2.05, 4.69) is 18.6 Å². The van der Waals surface area contributed by atoms with Crippen LogP contribution in [0.1, 0.15) is 6.42 Å². The van der Waals surface area contributed by atoms with Crippen LogP contribution in [0.3, 0.4) is 0 Å². The van der Waals surface area contributed by atoms with Crippen molar-refractivity contribution in [3.05, 3.63) is 12.7 Å². The molecule has 0 aromatic rings. The average Bonchev–Trinajstić information content (AvgIpc) is 1.89. The second-order valence-corrected chi connectivity index (χ2v) is 1.35. The van der Waals surface area contributed by atoms with E-state index in [1.807, 2.05) is 0 Å². The Morgan fingerprint density at radius 1 is 1.67 bits per heavy atom. The SMILES string of the molecule is C=CCOC#CCCO. The summed E-state index contributed by atoms with van der Waals surface area (Å²) in [5.41, 5.74) is 0. The molecule has 0 aromatic carbocycles. The lowest BCUT2D eigenvalue weighted by Crippen LogP contribution is -1.81. The highest BCUT2D eigenvalue weighted by Gasteiger charge is 1.71. The molecule has 0 saturated carbocycles. The topological polar surface area (TPSA) is 29.5 Å². The molecule has 50 valence electrons. The minimum atomic E-state index is 0.0877. The van der Waals surface area contributed by atoms with Gasteiger partial charge in [-0.25, -0.2) is 0 Å². The molecule has 0 fully saturated rings. The Balaban J connectivity index is 3.05. The highest BCUT2D eigenvalue weighted by molar-refractivity contribution is 4.91. The standard InChI is InChI=1S/C7H10O2/c1-2-6-9-7-4-3-5-8/h2,8H,1,3,5-6H2. The van der Waals surface area contributed by atoms with E-state index in [9.17, 15) is 0 Å². The second kappa shape index (κ2) is 7.06. The van der Waals surface area contributed by atoms with E-state index in [4.69, 9.17) is 9.84 Å². The van der Waals surface area contributed by atoms with Crippen LogP contribution in [0.4, 0.5) is 0 Å². The van der Waals surface area contributed by atoms with Gasteiger partial charge in [0.1, 0.15) is 12.7 Å². The zero-order valence-electron chi connectivity index (χ0n) is 5.26. The molecule has 0 atom stereocenters. The fourth-order valence-corrected chi connectivity index (χ4v) is 0.259. The van der Waals surface area contributed by atoms with Gasteiger partial charge in [0.2, 0.25) is 0 Å². The van der Waals surface area contributed by atoms with Gasteiger partial charge in [-0.1, -0.05) is 18.6 Å². The van der Waals surface area contributed by atoms with Crippen molar-refractivity contribution >= 4 is 0 Å². The number of aliphatic hydroxyl groups excluding tert-OH is 1. The van der Waals surface area contributed by atoms with Crippen LogP contribution in [0, 0.1) is 12.0 Å². The van der Waals surface area contributed by atoms with Gasteiger partial charge in [-0.3, -0.25) is 0 Å². The van der Waals surface area contributed by atoms with Crippen LogP contribution >= 0.6 is 0 Å². The van der Waals surface area contributed by atoms with Crippen molar-refractivity contribution in [1.82, 2.24) is 0 Å². The highest BCUT2D eigenvalue weighted by atomic mass is 16.5. The molecule has 0 amide bonds. The minimum absolute atomic E-state index is 0.0877. The monoisotopic (exact) mass is 126 g/mol. The molecule has 1 N–H and O–H groups in total. The number of hydrogen-bond acceptors (Lipinski definition) is 2. The van der Waals surface area contributed by atoms with Gasteiger partial charge in [0, 0.05) is 6.42 Å². The molecule has 0 bridgehead atoms. The third kappa shape index (κ3) is 7.06. The Kier molecular flexibility index (Phi) is 6.32. The summed E-state index contributed by atoms with van der Waals surface area (Å²) in [7, 11) is 0. The molecule has 0 radical (unpaired) electrons. The van der Waals surface area contributed by atoms with Crippen LogP contribution in [0.15, 0.2) is 12.7 Å². The fraction of sp³-hybridized carbons (Fsp3) is 0.429. The van der Waals surface area contributed by atoms with Crippen molar-refractivity contribution < 1.29 is 9.84 Å². The van der Waals surface area contributed by atoms with E-state index in [0.717, 1.165) is 0 Å². The molecule has 0 aliphatic heterocycles. The molecule has 0 aromatic heterocycles. The largest absolute Gasteiger partial charge is 0.442 e. The van der Waals surface area contributed by atoms with E-state index < -0.39 is 0 Å². The van der Waals surface area contributed by atoms with Gasteiger partial charge in [-0.15, -0.1) is 0 Å². The molecule has 0 aliphatic rings. The van der Waals surface area contributed by atoms with Gasteiger partial charge in [0.15, 0.2) is 0 Å². The van der Waals surface area contributed by atoms with Gasteiger partial charge in [-0.05, 0) is 0 Å². The number of ether oxygens (including phenoxy) is 1. The number of rotatable bonds is 3. The van der Waals surface area contributed by atoms with Crippen LogP contribution in [-0.2, 0) is 4.74 Å². The molecule has 0 saturated heterocycles. The maximum absolute atomic E-state index is 8.24. The summed E-state index contributed by atoms with van der Waals surface area (Å²) in [5.74, 6) is 2.60. The Bertz CT molecular complexity index is 119. The predicted octanol–water partition coefficient (Wildman–Crippen LogP) is 0.532. The zero-order valence-corrected chi connectivity index (χ0v) is 5.26. The Hall–Kier alpha value is -0.940. The first-order valence-electron chi connectivity index (χ1n) is 2.73. The summed E-state index contributed by atoms with van der Waals surface area (Å²) in [4.78, 5) is 0. The zero-order chi connectivity index (χ0) is 6.95. The van der Waals surface area contributed by atoms with Crippen LogP contribution in [0.5, 0.6) is 0 Å². The van der Waals surface area contributed by atoms with E-state index in [0.29, 0.717) is 13.0 Å². The Labute approximate surface area is 55.1 Å². The summed E-state index contributed by atoms with van der Waals surface area (Å²) in [5, 5.41) is 8.24. The van der Waals surface area contributed by atoms with Crippen LogP contribution in [-0.4, -0.2) is 18.3 Å². The van der Waals surface area contributed by atoms with Crippen molar-refractivity contribution in [2.75, 3.05) is 13.2 Å².